The predicted octanol–water partition coefficient (Wildman–Crippen LogP) is 5.58. The van der Waals surface area contributed by atoms with Crippen molar-refractivity contribution < 1.29 is 22.7 Å². The van der Waals surface area contributed by atoms with E-state index < -0.39 is 17.8 Å². The predicted molar refractivity (Wildman–Crippen MR) is 109 cm³/mol. The number of fused-ring (bicyclic) bond motifs is 1. The van der Waals surface area contributed by atoms with E-state index in [4.69, 9.17) is 4.74 Å². The van der Waals surface area contributed by atoms with Crippen LogP contribution in [-0.2, 0) is 12.6 Å². The van der Waals surface area contributed by atoms with Gasteiger partial charge in [-0.25, -0.2) is 4.79 Å². The van der Waals surface area contributed by atoms with Gasteiger partial charge in [0.2, 0.25) is 5.88 Å². The quantitative estimate of drug-likeness (QED) is 0.592. The molecule has 4 rings (SSSR count). The van der Waals surface area contributed by atoms with Crippen molar-refractivity contribution in [3.05, 3.63) is 71.5 Å². The van der Waals surface area contributed by atoms with Gasteiger partial charge in [0.25, 0.3) is 0 Å². The number of nitrogens with one attached hydrogen (secondary N) is 1. The third kappa shape index (κ3) is 4.30. The number of rotatable bonds is 3. The second-order valence-electron chi connectivity index (χ2n) is 7.24. The summed E-state index contributed by atoms with van der Waals surface area (Å²) in [5.74, 6) is 1.00. The molecule has 31 heavy (non-hydrogen) atoms. The van der Waals surface area contributed by atoms with Gasteiger partial charge in [-0.05, 0) is 56.2 Å². The van der Waals surface area contributed by atoms with Crippen molar-refractivity contribution in [2.45, 2.75) is 32.5 Å². The number of aromatic nitrogens is 2. The first-order valence-electron chi connectivity index (χ1n) is 9.59. The molecule has 0 radical (unpaired) electrons. The number of alkyl halides is 3. The summed E-state index contributed by atoms with van der Waals surface area (Å²) < 4.78 is 45.1. The Balaban J connectivity index is 1.55. The molecule has 1 aromatic carbocycles. The maximum Gasteiger partial charge on any atom is 0.416 e. The van der Waals surface area contributed by atoms with Crippen LogP contribution in [0.2, 0.25) is 0 Å². The lowest BCUT2D eigenvalue weighted by Gasteiger charge is -2.23. The highest BCUT2D eigenvalue weighted by atomic mass is 19.4. The molecule has 3 heterocycles. The monoisotopic (exact) mass is 428 g/mol. The fourth-order valence-corrected chi connectivity index (χ4v) is 3.49. The fourth-order valence-electron chi connectivity index (χ4n) is 3.49. The highest BCUT2D eigenvalue weighted by Gasteiger charge is 2.36. The number of benzene rings is 1. The van der Waals surface area contributed by atoms with Crippen LogP contribution < -0.4 is 15.0 Å². The summed E-state index contributed by atoms with van der Waals surface area (Å²) in [7, 11) is 0. The zero-order valence-corrected chi connectivity index (χ0v) is 16.8. The molecule has 3 aromatic rings. The first-order valence-corrected chi connectivity index (χ1v) is 9.59. The Morgan fingerprint density at radius 3 is 2.74 bits per heavy atom. The Hall–Kier alpha value is -3.62. The average molecular weight is 428 g/mol. The largest absolute Gasteiger partial charge is 0.437 e. The Kier molecular flexibility index (Phi) is 5.26. The summed E-state index contributed by atoms with van der Waals surface area (Å²) in [5, 5.41) is 2.65. The van der Waals surface area contributed by atoms with E-state index in [9.17, 15) is 18.0 Å². The molecule has 1 aliphatic heterocycles. The normalized spacial score (nSPS) is 15.5. The van der Waals surface area contributed by atoms with E-state index in [2.05, 4.69) is 15.3 Å². The number of pyridine rings is 2. The molecular weight excluding hydrogens is 409 g/mol. The minimum Gasteiger partial charge on any atom is -0.437 e. The van der Waals surface area contributed by atoms with Crippen LogP contribution in [0.5, 0.6) is 11.6 Å². The van der Waals surface area contributed by atoms with Crippen molar-refractivity contribution in [2.75, 3.05) is 10.2 Å². The summed E-state index contributed by atoms with van der Waals surface area (Å²) in [4.78, 5) is 22.7. The lowest BCUT2D eigenvalue weighted by Crippen LogP contribution is -2.39. The smallest absolute Gasteiger partial charge is 0.416 e. The van der Waals surface area contributed by atoms with Crippen molar-refractivity contribution in [1.82, 2.24) is 9.97 Å². The Labute approximate surface area is 176 Å². The molecule has 0 spiro atoms. The summed E-state index contributed by atoms with van der Waals surface area (Å²) in [6.07, 6.45) is -2.37. The fraction of sp³-hybridized carbons (Fsp3) is 0.227. The molecule has 6 nitrogen and oxygen atoms in total. The zero-order chi connectivity index (χ0) is 22.2. The summed E-state index contributed by atoms with van der Waals surface area (Å²) in [5.41, 5.74) is 0.825. The van der Waals surface area contributed by atoms with E-state index in [0.29, 0.717) is 23.4 Å². The SMILES string of the molecule is Cc1ncccc1Oc1cccc(NC(=O)N2c3cc(C(F)(F)F)ccc3C[C@@H]2C)n1. The van der Waals surface area contributed by atoms with Crippen LogP contribution in [0.15, 0.2) is 54.7 Å². The van der Waals surface area contributed by atoms with Crippen LogP contribution in [0.25, 0.3) is 0 Å². The molecule has 0 unspecified atom stereocenters. The summed E-state index contributed by atoms with van der Waals surface area (Å²) >= 11 is 0. The Morgan fingerprint density at radius 2 is 2.00 bits per heavy atom. The molecule has 1 N–H and O–H groups in total. The van der Waals surface area contributed by atoms with Gasteiger partial charge in [-0.15, -0.1) is 0 Å². The maximum atomic E-state index is 13.1. The highest BCUT2D eigenvalue weighted by molar-refractivity contribution is 6.03. The van der Waals surface area contributed by atoms with Gasteiger partial charge in [0.1, 0.15) is 5.82 Å². The lowest BCUT2D eigenvalue weighted by molar-refractivity contribution is -0.137. The number of nitrogens with zero attached hydrogens (tertiary/aromatic N) is 3. The molecular formula is C22H19F3N4O2. The molecule has 0 saturated heterocycles. The van der Waals surface area contributed by atoms with E-state index in [1.54, 1.807) is 50.4 Å². The van der Waals surface area contributed by atoms with Gasteiger partial charge < -0.3 is 4.74 Å². The van der Waals surface area contributed by atoms with Crippen LogP contribution in [-0.4, -0.2) is 22.0 Å². The average Bonchev–Trinajstić information content (AvgIpc) is 3.04. The minimum atomic E-state index is -4.49. The molecule has 0 bridgehead atoms. The van der Waals surface area contributed by atoms with Gasteiger partial charge in [-0.2, -0.15) is 18.2 Å². The van der Waals surface area contributed by atoms with E-state index in [1.165, 1.54) is 11.0 Å². The first kappa shape index (κ1) is 20.6. The van der Waals surface area contributed by atoms with Crippen molar-refractivity contribution in [1.29, 1.82) is 0 Å². The Bertz CT molecular complexity index is 1130. The third-order valence-corrected chi connectivity index (χ3v) is 4.98. The van der Waals surface area contributed by atoms with Gasteiger partial charge in [-0.3, -0.25) is 15.2 Å². The first-order chi connectivity index (χ1) is 14.7. The second-order valence-corrected chi connectivity index (χ2v) is 7.24. The third-order valence-electron chi connectivity index (χ3n) is 4.98. The number of amides is 2. The van der Waals surface area contributed by atoms with Crippen LogP contribution in [0, 0.1) is 6.92 Å². The van der Waals surface area contributed by atoms with Crippen LogP contribution in [0.1, 0.15) is 23.7 Å². The number of hydrogen-bond donors (Lipinski definition) is 1. The van der Waals surface area contributed by atoms with Gasteiger partial charge in [-0.1, -0.05) is 12.1 Å². The van der Waals surface area contributed by atoms with Crippen LogP contribution in [0.3, 0.4) is 0 Å². The van der Waals surface area contributed by atoms with Gasteiger partial charge in [0.05, 0.1) is 11.3 Å². The molecule has 0 aliphatic carbocycles. The van der Waals surface area contributed by atoms with Crippen LogP contribution in [0.4, 0.5) is 29.5 Å². The second kappa shape index (κ2) is 7.90. The van der Waals surface area contributed by atoms with E-state index in [0.717, 1.165) is 12.1 Å². The Morgan fingerprint density at radius 1 is 1.19 bits per heavy atom. The highest BCUT2D eigenvalue weighted by Crippen LogP contribution is 2.38. The number of aryl methyl sites for hydroxylation is 1. The number of ether oxygens (including phenoxy) is 1. The molecule has 0 saturated carbocycles. The topological polar surface area (TPSA) is 67.3 Å². The van der Waals surface area contributed by atoms with E-state index in [-0.39, 0.29) is 23.4 Å². The van der Waals surface area contributed by atoms with Crippen molar-refractivity contribution in [2.24, 2.45) is 0 Å². The van der Waals surface area contributed by atoms with Crippen molar-refractivity contribution in [3.63, 3.8) is 0 Å². The molecule has 160 valence electrons. The minimum absolute atomic E-state index is 0.219. The molecule has 2 aromatic heterocycles. The molecule has 1 aliphatic rings. The van der Waals surface area contributed by atoms with Gasteiger partial charge in [0, 0.05) is 24.0 Å². The number of carbonyl (C=O) groups is 1. The van der Waals surface area contributed by atoms with E-state index in [1.807, 2.05) is 0 Å². The summed E-state index contributed by atoms with van der Waals surface area (Å²) in [6, 6.07) is 11.0. The summed E-state index contributed by atoms with van der Waals surface area (Å²) in [6.45, 7) is 3.58. The molecule has 0 fully saturated rings. The maximum absolute atomic E-state index is 13.1. The van der Waals surface area contributed by atoms with Crippen molar-refractivity contribution >= 4 is 17.5 Å². The number of anilines is 2. The molecule has 2 amide bonds. The lowest BCUT2D eigenvalue weighted by atomic mass is 10.1. The number of hydrogen-bond acceptors (Lipinski definition) is 4. The van der Waals surface area contributed by atoms with Gasteiger partial charge >= 0.3 is 12.2 Å². The van der Waals surface area contributed by atoms with Crippen molar-refractivity contribution in [3.8, 4) is 11.6 Å². The number of urea groups is 1. The standard InChI is InChI=1S/C22H19F3N4O2/c1-13-11-15-8-9-16(22(23,24)25)12-17(15)29(13)21(30)28-19-6-3-7-20(27-19)31-18-5-4-10-26-14(18)2/h3-10,12-13H,11H2,1-2H3,(H,27,28,30)/t13-/m0/s1. The molecule has 1 atom stereocenters. The van der Waals surface area contributed by atoms with E-state index >= 15 is 0 Å². The molecule has 9 heteroatoms. The van der Waals surface area contributed by atoms with Gasteiger partial charge in [0.15, 0.2) is 5.75 Å². The number of carbonyl (C=O) groups excluding carboxylic acids is 1. The van der Waals surface area contributed by atoms with Crippen LogP contribution >= 0.6 is 0 Å². The zero-order valence-electron chi connectivity index (χ0n) is 16.8. The number of halogens is 3.